The summed E-state index contributed by atoms with van der Waals surface area (Å²) in [5.74, 6) is 0.338. The standard InChI is InChI=1S/C13H20N4O2S/c1-3-16(2)13-15-11(14)10(20-13)12(18)17-6-8-4-5-9(7-17)19-8/h8-9H,3-7,14H2,1-2H3. The lowest BCUT2D eigenvalue weighted by Crippen LogP contribution is -2.45. The highest BCUT2D eigenvalue weighted by Crippen LogP contribution is 2.31. The molecule has 2 saturated heterocycles. The maximum atomic E-state index is 12.6. The van der Waals surface area contributed by atoms with Crippen molar-refractivity contribution in [2.75, 3.05) is 37.3 Å². The molecule has 20 heavy (non-hydrogen) atoms. The first kappa shape index (κ1) is 13.6. The number of ether oxygens (including phenoxy) is 1. The van der Waals surface area contributed by atoms with Crippen LogP contribution in [-0.4, -0.2) is 54.7 Å². The number of carbonyl (C=O) groups is 1. The minimum atomic E-state index is -0.00375. The largest absolute Gasteiger partial charge is 0.382 e. The summed E-state index contributed by atoms with van der Waals surface area (Å²) in [6, 6.07) is 0. The summed E-state index contributed by atoms with van der Waals surface area (Å²) in [6.45, 7) is 4.22. The number of hydrogen-bond donors (Lipinski definition) is 1. The number of nitrogens with zero attached hydrogens (tertiary/aromatic N) is 3. The second kappa shape index (κ2) is 5.21. The number of likely N-dealkylation sites (tertiary alicyclic amines) is 1. The molecule has 7 heteroatoms. The molecule has 1 aromatic rings. The Labute approximate surface area is 122 Å². The van der Waals surface area contributed by atoms with E-state index in [9.17, 15) is 4.79 Å². The molecular weight excluding hydrogens is 276 g/mol. The van der Waals surface area contributed by atoms with E-state index in [4.69, 9.17) is 10.5 Å². The van der Waals surface area contributed by atoms with Gasteiger partial charge in [-0.3, -0.25) is 4.79 Å². The minimum absolute atomic E-state index is 0.00375. The van der Waals surface area contributed by atoms with E-state index in [-0.39, 0.29) is 18.1 Å². The van der Waals surface area contributed by atoms with Crippen LogP contribution in [0.2, 0.25) is 0 Å². The molecule has 0 aromatic carbocycles. The third-order valence-corrected chi connectivity index (χ3v) is 5.14. The molecule has 0 saturated carbocycles. The number of nitrogens with two attached hydrogens (primary N) is 1. The highest BCUT2D eigenvalue weighted by molar-refractivity contribution is 7.18. The molecule has 3 rings (SSSR count). The van der Waals surface area contributed by atoms with Gasteiger partial charge in [0.15, 0.2) is 5.13 Å². The lowest BCUT2D eigenvalue weighted by molar-refractivity contribution is -0.0301. The predicted octanol–water partition coefficient (Wildman–Crippen LogP) is 1.18. The lowest BCUT2D eigenvalue weighted by Gasteiger charge is -2.31. The number of anilines is 2. The van der Waals surface area contributed by atoms with Crippen molar-refractivity contribution in [3.63, 3.8) is 0 Å². The van der Waals surface area contributed by atoms with E-state index in [1.807, 2.05) is 23.8 Å². The molecule has 0 spiro atoms. The van der Waals surface area contributed by atoms with Crippen LogP contribution in [0, 0.1) is 0 Å². The fourth-order valence-corrected chi connectivity index (χ4v) is 3.67. The minimum Gasteiger partial charge on any atom is -0.382 e. The van der Waals surface area contributed by atoms with Crippen molar-refractivity contribution in [1.29, 1.82) is 0 Å². The topological polar surface area (TPSA) is 71.7 Å². The molecule has 0 radical (unpaired) electrons. The van der Waals surface area contributed by atoms with Gasteiger partial charge >= 0.3 is 0 Å². The molecule has 6 nitrogen and oxygen atoms in total. The fourth-order valence-electron chi connectivity index (χ4n) is 2.70. The van der Waals surface area contributed by atoms with Gasteiger partial charge in [0.1, 0.15) is 10.7 Å². The molecule has 2 bridgehead atoms. The van der Waals surface area contributed by atoms with Crippen LogP contribution < -0.4 is 10.6 Å². The summed E-state index contributed by atoms with van der Waals surface area (Å²) in [5.41, 5.74) is 5.92. The van der Waals surface area contributed by atoms with Crippen molar-refractivity contribution in [1.82, 2.24) is 9.88 Å². The van der Waals surface area contributed by atoms with Gasteiger partial charge in [-0.25, -0.2) is 4.98 Å². The van der Waals surface area contributed by atoms with Crippen LogP contribution in [0.3, 0.4) is 0 Å². The summed E-state index contributed by atoms with van der Waals surface area (Å²) >= 11 is 1.37. The predicted molar refractivity (Wildman–Crippen MR) is 79.3 cm³/mol. The van der Waals surface area contributed by atoms with Gasteiger partial charge in [-0.2, -0.15) is 0 Å². The number of aromatic nitrogens is 1. The number of hydrogen-bond acceptors (Lipinski definition) is 6. The van der Waals surface area contributed by atoms with E-state index in [1.165, 1.54) is 11.3 Å². The first-order chi connectivity index (χ1) is 9.58. The van der Waals surface area contributed by atoms with Crippen LogP contribution in [0.1, 0.15) is 29.4 Å². The first-order valence-electron chi connectivity index (χ1n) is 7.00. The second-order valence-electron chi connectivity index (χ2n) is 5.39. The highest BCUT2D eigenvalue weighted by atomic mass is 32.1. The van der Waals surface area contributed by atoms with E-state index in [0.29, 0.717) is 23.8 Å². The Balaban J connectivity index is 1.78. The molecule has 2 aliphatic heterocycles. The van der Waals surface area contributed by atoms with Gasteiger partial charge in [-0.15, -0.1) is 0 Å². The molecule has 2 fully saturated rings. The van der Waals surface area contributed by atoms with Gasteiger partial charge in [0.2, 0.25) is 0 Å². The summed E-state index contributed by atoms with van der Waals surface area (Å²) in [6.07, 6.45) is 2.50. The number of carbonyl (C=O) groups excluding carboxylic acids is 1. The van der Waals surface area contributed by atoms with E-state index in [1.54, 1.807) is 0 Å². The Hall–Kier alpha value is -1.34. The number of nitrogen functional groups attached to an aromatic ring is 1. The number of thiazole rings is 1. The molecular formula is C13H20N4O2S. The molecule has 2 atom stereocenters. The van der Waals surface area contributed by atoms with Crippen LogP contribution in [0.4, 0.5) is 10.9 Å². The Morgan fingerprint density at radius 3 is 2.75 bits per heavy atom. The van der Waals surface area contributed by atoms with Gasteiger partial charge in [0.25, 0.3) is 5.91 Å². The molecule has 2 unspecified atom stereocenters. The van der Waals surface area contributed by atoms with Gasteiger partial charge in [-0.05, 0) is 19.8 Å². The normalized spacial score (nSPS) is 25.0. The van der Waals surface area contributed by atoms with Gasteiger partial charge in [-0.1, -0.05) is 11.3 Å². The van der Waals surface area contributed by atoms with E-state index >= 15 is 0 Å². The smallest absolute Gasteiger partial charge is 0.268 e. The number of fused-ring (bicyclic) bond motifs is 2. The van der Waals surface area contributed by atoms with Crippen LogP contribution in [0.5, 0.6) is 0 Å². The Morgan fingerprint density at radius 1 is 1.50 bits per heavy atom. The maximum Gasteiger partial charge on any atom is 0.268 e. The van der Waals surface area contributed by atoms with Crippen molar-refractivity contribution >= 4 is 28.2 Å². The number of morpholine rings is 1. The monoisotopic (exact) mass is 296 g/mol. The average Bonchev–Trinajstić information content (AvgIpc) is 3.00. The number of amides is 1. The maximum absolute atomic E-state index is 12.6. The van der Waals surface area contributed by atoms with E-state index in [2.05, 4.69) is 4.98 Å². The molecule has 2 aliphatic rings. The SMILES string of the molecule is CCN(C)c1nc(N)c(C(=O)N2CC3CCC(C2)O3)s1. The van der Waals surface area contributed by atoms with Gasteiger partial charge in [0.05, 0.1) is 12.2 Å². The molecule has 1 amide bonds. The average molecular weight is 296 g/mol. The van der Waals surface area contributed by atoms with Crippen molar-refractivity contribution in [2.24, 2.45) is 0 Å². The quantitative estimate of drug-likeness (QED) is 0.907. The van der Waals surface area contributed by atoms with Crippen LogP contribution in [0.15, 0.2) is 0 Å². The van der Waals surface area contributed by atoms with Crippen LogP contribution >= 0.6 is 11.3 Å². The van der Waals surface area contributed by atoms with Gasteiger partial charge < -0.3 is 20.3 Å². The van der Waals surface area contributed by atoms with Crippen LogP contribution in [0.25, 0.3) is 0 Å². The molecule has 0 aliphatic carbocycles. The summed E-state index contributed by atoms with van der Waals surface area (Å²) in [4.78, 5) is 21.3. The fraction of sp³-hybridized carbons (Fsp3) is 0.692. The Kier molecular flexibility index (Phi) is 3.55. The third-order valence-electron chi connectivity index (χ3n) is 3.97. The Bertz CT molecular complexity index is 506. The third kappa shape index (κ3) is 2.35. The van der Waals surface area contributed by atoms with Crippen molar-refractivity contribution < 1.29 is 9.53 Å². The number of rotatable bonds is 3. The molecule has 2 N–H and O–H groups in total. The van der Waals surface area contributed by atoms with Gasteiger partial charge in [0, 0.05) is 26.7 Å². The molecule has 110 valence electrons. The van der Waals surface area contributed by atoms with Crippen LogP contribution in [-0.2, 0) is 4.74 Å². The summed E-state index contributed by atoms with van der Waals surface area (Å²) < 4.78 is 5.76. The summed E-state index contributed by atoms with van der Waals surface area (Å²) in [5, 5.41) is 0.796. The second-order valence-corrected chi connectivity index (χ2v) is 6.37. The first-order valence-corrected chi connectivity index (χ1v) is 7.82. The lowest BCUT2D eigenvalue weighted by atomic mass is 10.2. The van der Waals surface area contributed by atoms with Crippen molar-refractivity contribution in [3.8, 4) is 0 Å². The van der Waals surface area contributed by atoms with E-state index < -0.39 is 0 Å². The Morgan fingerprint density at radius 2 is 2.15 bits per heavy atom. The highest BCUT2D eigenvalue weighted by Gasteiger charge is 2.37. The zero-order chi connectivity index (χ0) is 14.3. The molecule has 1 aromatic heterocycles. The zero-order valence-electron chi connectivity index (χ0n) is 11.8. The molecule has 3 heterocycles. The zero-order valence-corrected chi connectivity index (χ0v) is 12.7. The van der Waals surface area contributed by atoms with Crippen molar-refractivity contribution in [3.05, 3.63) is 4.88 Å². The van der Waals surface area contributed by atoms with Crippen molar-refractivity contribution in [2.45, 2.75) is 32.0 Å². The summed E-state index contributed by atoms with van der Waals surface area (Å²) in [7, 11) is 1.95. The van der Waals surface area contributed by atoms with E-state index in [0.717, 1.165) is 24.5 Å².